The van der Waals surface area contributed by atoms with Crippen molar-refractivity contribution in [3.63, 3.8) is 0 Å². The number of carboxylic acid groups (broad SMARTS) is 1. The summed E-state index contributed by atoms with van der Waals surface area (Å²) in [6.45, 7) is 0. The number of hydrogen-bond acceptors (Lipinski definition) is 3. The first kappa shape index (κ1) is 11.9. The summed E-state index contributed by atoms with van der Waals surface area (Å²) in [6.07, 6.45) is 3.33. The minimum atomic E-state index is -1.12. The fraction of sp³-hybridized carbons (Fsp3) is 0.727. The summed E-state index contributed by atoms with van der Waals surface area (Å²) in [5, 5.41) is 14.3. The van der Waals surface area contributed by atoms with Crippen LogP contribution in [0.1, 0.15) is 38.5 Å². The van der Waals surface area contributed by atoms with Gasteiger partial charge in [-0.2, -0.15) is 0 Å². The number of nitrogens with one attached hydrogen (secondary N) is 2. The van der Waals surface area contributed by atoms with Gasteiger partial charge >= 0.3 is 5.97 Å². The third-order valence-corrected chi connectivity index (χ3v) is 3.54. The molecule has 0 bridgehead atoms. The predicted molar refractivity (Wildman–Crippen MR) is 58.1 cm³/mol. The van der Waals surface area contributed by atoms with Crippen molar-refractivity contribution in [1.82, 2.24) is 10.6 Å². The quantitative estimate of drug-likeness (QED) is 0.635. The summed E-state index contributed by atoms with van der Waals surface area (Å²) in [4.78, 5) is 34.1. The molecule has 1 heterocycles. The third-order valence-electron chi connectivity index (χ3n) is 3.54. The Morgan fingerprint density at radius 3 is 2.47 bits per heavy atom. The summed E-state index contributed by atoms with van der Waals surface area (Å²) in [5.74, 6) is -1.51. The van der Waals surface area contributed by atoms with E-state index in [9.17, 15) is 19.5 Å². The average molecular weight is 240 g/mol. The maximum Gasteiger partial charge on any atom is 0.329 e. The summed E-state index contributed by atoms with van der Waals surface area (Å²) in [7, 11) is 0. The molecule has 2 fully saturated rings. The van der Waals surface area contributed by atoms with Crippen LogP contribution in [0.15, 0.2) is 0 Å². The standard InChI is InChI=1S/C11H16N2O4/c14-8-4-3-7(12-8)9(15)13-11(10(16)17)5-1-2-6-11/h7H,1-6H2,(H,12,14)(H,13,15)(H,16,17). The van der Waals surface area contributed by atoms with Gasteiger partial charge in [-0.1, -0.05) is 12.8 Å². The number of carboxylic acids is 1. The topological polar surface area (TPSA) is 95.5 Å². The summed E-state index contributed by atoms with van der Waals surface area (Å²) in [5.41, 5.74) is -1.12. The lowest BCUT2D eigenvalue weighted by molar-refractivity contribution is -0.147. The van der Waals surface area contributed by atoms with Crippen LogP contribution in [-0.2, 0) is 14.4 Å². The van der Waals surface area contributed by atoms with Crippen molar-refractivity contribution in [2.75, 3.05) is 0 Å². The Morgan fingerprint density at radius 1 is 1.35 bits per heavy atom. The number of carbonyl (C=O) groups excluding carboxylic acids is 2. The molecule has 1 aliphatic heterocycles. The minimum Gasteiger partial charge on any atom is -0.480 e. The van der Waals surface area contributed by atoms with E-state index in [-0.39, 0.29) is 11.8 Å². The van der Waals surface area contributed by atoms with Crippen LogP contribution >= 0.6 is 0 Å². The van der Waals surface area contributed by atoms with Crippen LogP contribution in [0.2, 0.25) is 0 Å². The zero-order valence-corrected chi connectivity index (χ0v) is 9.49. The molecule has 1 saturated heterocycles. The van der Waals surface area contributed by atoms with Gasteiger partial charge in [0.05, 0.1) is 0 Å². The van der Waals surface area contributed by atoms with Crippen molar-refractivity contribution < 1.29 is 19.5 Å². The molecule has 3 N–H and O–H groups in total. The molecule has 2 amide bonds. The smallest absolute Gasteiger partial charge is 0.329 e. The number of aliphatic carboxylic acids is 1. The summed E-state index contributed by atoms with van der Waals surface area (Å²) < 4.78 is 0. The summed E-state index contributed by atoms with van der Waals surface area (Å²) in [6, 6.07) is -0.570. The monoisotopic (exact) mass is 240 g/mol. The van der Waals surface area contributed by atoms with Crippen LogP contribution in [0.4, 0.5) is 0 Å². The lowest BCUT2D eigenvalue weighted by Crippen LogP contribution is -2.56. The van der Waals surface area contributed by atoms with E-state index in [2.05, 4.69) is 10.6 Å². The van der Waals surface area contributed by atoms with Gasteiger partial charge in [0.25, 0.3) is 0 Å². The zero-order valence-electron chi connectivity index (χ0n) is 9.49. The Bertz CT molecular complexity index is 360. The van der Waals surface area contributed by atoms with Crippen LogP contribution < -0.4 is 10.6 Å². The fourth-order valence-electron chi connectivity index (χ4n) is 2.50. The highest BCUT2D eigenvalue weighted by Crippen LogP contribution is 2.30. The largest absolute Gasteiger partial charge is 0.480 e. The molecule has 2 rings (SSSR count). The SMILES string of the molecule is O=C1CCC(C(=O)NC2(C(=O)O)CCCC2)N1. The van der Waals surface area contributed by atoms with E-state index in [1.165, 1.54) is 0 Å². The molecule has 94 valence electrons. The number of rotatable bonds is 3. The van der Waals surface area contributed by atoms with Gasteiger partial charge in [-0.15, -0.1) is 0 Å². The molecule has 0 aromatic heterocycles. The summed E-state index contributed by atoms with van der Waals surface area (Å²) >= 11 is 0. The van der Waals surface area contributed by atoms with Crippen molar-refractivity contribution >= 4 is 17.8 Å². The highest BCUT2D eigenvalue weighted by Gasteiger charge is 2.44. The Hall–Kier alpha value is -1.59. The van der Waals surface area contributed by atoms with E-state index in [4.69, 9.17) is 0 Å². The number of hydrogen-bond donors (Lipinski definition) is 3. The van der Waals surface area contributed by atoms with Crippen molar-refractivity contribution in [2.45, 2.75) is 50.1 Å². The second-order valence-corrected chi connectivity index (χ2v) is 4.74. The second kappa shape index (κ2) is 4.35. The molecule has 1 aliphatic carbocycles. The van der Waals surface area contributed by atoms with Gasteiger partial charge < -0.3 is 15.7 Å². The zero-order chi connectivity index (χ0) is 12.5. The molecule has 6 nitrogen and oxygen atoms in total. The van der Waals surface area contributed by atoms with E-state index in [0.29, 0.717) is 25.7 Å². The number of carbonyl (C=O) groups is 3. The maximum absolute atomic E-state index is 11.9. The average Bonchev–Trinajstić information content (AvgIpc) is 2.87. The fourth-order valence-corrected chi connectivity index (χ4v) is 2.50. The van der Waals surface area contributed by atoms with Crippen LogP contribution in [-0.4, -0.2) is 34.5 Å². The highest BCUT2D eigenvalue weighted by atomic mass is 16.4. The van der Waals surface area contributed by atoms with E-state index >= 15 is 0 Å². The lowest BCUT2D eigenvalue weighted by atomic mass is 9.97. The molecular formula is C11H16N2O4. The lowest BCUT2D eigenvalue weighted by Gasteiger charge is -2.26. The predicted octanol–water partition coefficient (Wildman–Crippen LogP) is -0.221. The molecule has 17 heavy (non-hydrogen) atoms. The van der Waals surface area contributed by atoms with Gasteiger partial charge in [0, 0.05) is 6.42 Å². The van der Waals surface area contributed by atoms with Crippen molar-refractivity contribution in [3.8, 4) is 0 Å². The van der Waals surface area contributed by atoms with Crippen molar-refractivity contribution in [1.29, 1.82) is 0 Å². The normalized spacial score (nSPS) is 26.6. The van der Waals surface area contributed by atoms with Gasteiger partial charge in [-0.05, 0) is 19.3 Å². The molecule has 0 aromatic rings. The van der Waals surface area contributed by atoms with Crippen LogP contribution in [0.3, 0.4) is 0 Å². The van der Waals surface area contributed by atoms with Gasteiger partial charge in [0.15, 0.2) is 0 Å². The maximum atomic E-state index is 11.9. The Labute approximate surface area is 98.8 Å². The number of amides is 2. The molecule has 1 unspecified atom stereocenters. The first-order chi connectivity index (χ1) is 8.03. The van der Waals surface area contributed by atoms with Crippen molar-refractivity contribution in [2.24, 2.45) is 0 Å². The van der Waals surface area contributed by atoms with Gasteiger partial charge in [0.1, 0.15) is 11.6 Å². The van der Waals surface area contributed by atoms with Crippen LogP contribution in [0.25, 0.3) is 0 Å². The molecule has 0 radical (unpaired) electrons. The van der Waals surface area contributed by atoms with Gasteiger partial charge in [-0.25, -0.2) is 4.79 Å². The first-order valence-electron chi connectivity index (χ1n) is 5.88. The molecule has 1 saturated carbocycles. The third kappa shape index (κ3) is 2.25. The van der Waals surface area contributed by atoms with E-state index < -0.39 is 17.6 Å². The van der Waals surface area contributed by atoms with E-state index in [1.54, 1.807) is 0 Å². The Balaban J connectivity index is 2.01. The molecule has 0 spiro atoms. The Morgan fingerprint density at radius 2 is 2.00 bits per heavy atom. The highest BCUT2D eigenvalue weighted by molar-refractivity contribution is 5.94. The molecule has 1 atom stereocenters. The Kier molecular flexibility index (Phi) is 3.04. The van der Waals surface area contributed by atoms with E-state index in [0.717, 1.165) is 12.8 Å². The molecule has 6 heteroatoms. The van der Waals surface area contributed by atoms with Crippen LogP contribution in [0.5, 0.6) is 0 Å². The molecule has 0 aromatic carbocycles. The molecule has 2 aliphatic rings. The van der Waals surface area contributed by atoms with Crippen molar-refractivity contribution in [3.05, 3.63) is 0 Å². The first-order valence-corrected chi connectivity index (χ1v) is 5.88. The second-order valence-electron chi connectivity index (χ2n) is 4.74. The van der Waals surface area contributed by atoms with E-state index in [1.807, 2.05) is 0 Å². The van der Waals surface area contributed by atoms with Gasteiger partial charge in [0.2, 0.25) is 11.8 Å². The van der Waals surface area contributed by atoms with Crippen LogP contribution in [0, 0.1) is 0 Å². The molecular weight excluding hydrogens is 224 g/mol. The van der Waals surface area contributed by atoms with Gasteiger partial charge in [-0.3, -0.25) is 9.59 Å². The minimum absolute atomic E-state index is 0.152.